The van der Waals surface area contributed by atoms with Crippen LogP contribution in [0.5, 0.6) is 5.75 Å². The molecule has 0 radical (unpaired) electrons. The first-order chi connectivity index (χ1) is 18.4. The third kappa shape index (κ3) is 5.34. The molecule has 196 valence electrons. The van der Waals surface area contributed by atoms with Crippen LogP contribution in [0.15, 0.2) is 82.9 Å². The number of carbonyl (C=O) groups excluding carboxylic acids is 1. The number of anilines is 1. The van der Waals surface area contributed by atoms with Crippen molar-refractivity contribution in [3.63, 3.8) is 0 Å². The summed E-state index contributed by atoms with van der Waals surface area (Å²) < 4.78 is 5.01. The van der Waals surface area contributed by atoms with Gasteiger partial charge in [0, 0.05) is 24.3 Å². The highest BCUT2D eigenvalue weighted by molar-refractivity contribution is 8.15. The van der Waals surface area contributed by atoms with Gasteiger partial charge in [-0.2, -0.15) is 5.10 Å². The van der Waals surface area contributed by atoms with E-state index in [0.29, 0.717) is 13.1 Å². The van der Waals surface area contributed by atoms with E-state index < -0.39 is 4.75 Å². The van der Waals surface area contributed by atoms with Crippen LogP contribution in [0, 0.1) is 0 Å². The molecule has 7 heteroatoms. The molecular formula is C31H34N4O2S. The van der Waals surface area contributed by atoms with Gasteiger partial charge in [-0.3, -0.25) is 9.79 Å². The molecule has 0 fully saturated rings. The Bertz CT molecular complexity index is 1370. The molecule has 2 aliphatic rings. The first kappa shape index (κ1) is 26.0. The van der Waals surface area contributed by atoms with Gasteiger partial charge in [0.05, 0.1) is 24.1 Å². The monoisotopic (exact) mass is 526 g/mol. The van der Waals surface area contributed by atoms with Crippen LogP contribution in [0.4, 0.5) is 10.5 Å². The summed E-state index contributed by atoms with van der Waals surface area (Å²) in [6.45, 7) is 8.17. The molecule has 0 bridgehead atoms. The molecule has 0 unspecified atom stereocenters. The Kier molecular flexibility index (Phi) is 7.56. The topological polar surface area (TPSA) is 57.5 Å². The summed E-state index contributed by atoms with van der Waals surface area (Å²) in [5.41, 5.74) is 6.70. The van der Waals surface area contributed by atoms with Crippen LogP contribution in [-0.2, 0) is 13.0 Å². The summed E-state index contributed by atoms with van der Waals surface area (Å²) in [5, 5.41) is 6.33. The fourth-order valence-corrected chi connectivity index (χ4v) is 5.96. The lowest BCUT2D eigenvalue weighted by molar-refractivity contribution is 0.226. The average molecular weight is 527 g/mol. The highest BCUT2D eigenvalue weighted by Crippen LogP contribution is 2.38. The number of carbonyl (C=O) groups is 1. The van der Waals surface area contributed by atoms with E-state index in [0.717, 1.165) is 47.8 Å². The molecule has 0 aromatic heterocycles. The molecule has 38 heavy (non-hydrogen) atoms. The molecular weight excluding hydrogens is 492 g/mol. The quantitative estimate of drug-likeness (QED) is 0.263. The summed E-state index contributed by atoms with van der Waals surface area (Å²) >= 11 is 1.34. The normalized spacial score (nSPS) is 17.2. The highest BCUT2D eigenvalue weighted by Gasteiger charge is 2.37. The smallest absolute Gasteiger partial charge is 0.302 e. The van der Waals surface area contributed by atoms with E-state index >= 15 is 0 Å². The minimum Gasteiger partial charge on any atom is -0.497 e. The van der Waals surface area contributed by atoms with Gasteiger partial charge in [0.1, 0.15) is 11.6 Å². The molecule has 1 amide bonds. The van der Waals surface area contributed by atoms with Crippen molar-refractivity contribution in [2.24, 2.45) is 10.1 Å². The third-order valence-corrected chi connectivity index (χ3v) is 8.06. The molecule has 0 aliphatic carbocycles. The maximum absolute atomic E-state index is 12.5. The van der Waals surface area contributed by atoms with E-state index in [9.17, 15) is 4.79 Å². The second-order valence-electron chi connectivity index (χ2n) is 10.00. The second-order valence-corrected chi connectivity index (χ2v) is 11.6. The van der Waals surface area contributed by atoms with Crippen molar-refractivity contribution in [3.05, 3.63) is 95.1 Å². The fourth-order valence-electron chi connectivity index (χ4n) is 4.99. The van der Waals surface area contributed by atoms with Crippen molar-refractivity contribution in [2.75, 3.05) is 25.1 Å². The fraction of sp³-hybridized carbons (Fsp3) is 0.323. The van der Waals surface area contributed by atoms with Crippen LogP contribution in [0.3, 0.4) is 0 Å². The van der Waals surface area contributed by atoms with Crippen molar-refractivity contribution in [3.8, 4) is 5.75 Å². The Morgan fingerprint density at radius 3 is 2.55 bits per heavy atom. The lowest BCUT2D eigenvalue weighted by Gasteiger charge is -2.35. The van der Waals surface area contributed by atoms with Crippen LogP contribution in [0.1, 0.15) is 49.4 Å². The molecule has 0 N–H and O–H groups in total. The molecule has 3 aromatic rings. The largest absolute Gasteiger partial charge is 0.497 e. The number of aliphatic imine (C=N–C) groups is 1. The molecule has 6 nitrogen and oxygen atoms in total. The van der Waals surface area contributed by atoms with Crippen LogP contribution < -0.4 is 9.64 Å². The number of fused-ring (bicyclic) bond motifs is 1. The summed E-state index contributed by atoms with van der Waals surface area (Å²) in [4.78, 5) is 19.9. The number of rotatable bonds is 6. The highest BCUT2D eigenvalue weighted by atomic mass is 32.2. The molecule has 2 heterocycles. The van der Waals surface area contributed by atoms with Gasteiger partial charge >= 0.3 is 5.24 Å². The predicted octanol–water partition coefficient (Wildman–Crippen LogP) is 6.77. The van der Waals surface area contributed by atoms with E-state index in [-0.39, 0.29) is 5.24 Å². The Hall–Kier alpha value is -3.58. The number of hydrazone groups is 1. The van der Waals surface area contributed by atoms with Crippen LogP contribution in [0.25, 0.3) is 0 Å². The van der Waals surface area contributed by atoms with Crippen molar-refractivity contribution < 1.29 is 9.53 Å². The van der Waals surface area contributed by atoms with Gasteiger partial charge < -0.3 is 9.64 Å². The van der Waals surface area contributed by atoms with E-state index in [1.54, 1.807) is 12.1 Å². The lowest BCUT2D eigenvalue weighted by Crippen LogP contribution is -2.41. The number of ether oxygens (including phenoxy) is 1. The number of hydrogen-bond donors (Lipinski definition) is 0. The number of methoxy groups -OCH3 is 1. The zero-order valence-corrected chi connectivity index (χ0v) is 23.3. The number of amidine groups is 1. The van der Waals surface area contributed by atoms with Crippen LogP contribution >= 0.6 is 11.8 Å². The third-order valence-electron chi connectivity index (χ3n) is 6.97. The molecule has 2 aliphatic heterocycles. The summed E-state index contributed by atoms with van der Waals surface area (Å²) in [6.07, 6.45) is 2.02. The number of nitrogens with zero attached hydrogens (tertiary/aromatic N) is 4. The molecule has 0 atom stereocenters. The van der Waals surface area contributed by atoms with Crippen molar-refractivity contribution >= 4 is 34.2 Å². The number of thioether (sulfide) groups is 1. The van der Waals surface area contributed by atoms with Gasteiger partial charge in [0.25, 0.3) is 0 Å². The number of amides is 1. The molecule has 0 saturated carbocycles. The van der Waals surface area contributed by atoms with Crippen LogP contribution in [-0.4, -0.2) is 46.7 Å². The van der Waals surface area contributed by atoms with E-state index in [2.05, 4.69) is 73.3 Å². The maximum atomic E-state index is 12.5. The Labute approximate surface area is 229 Å². The first-order valence-electron chi connectivity index (χ1n) is 13.1. The Morgan fingerprint density at radius 2 is 1.84 bits per heavy atom. The summed E-state index contributed by atoms with van der Waals surface area (Å²) in [6, 6.07) is 25.1. The van der Waals surface area contributed by atoms with Gasteiger partial charge in [0.2, 0.25) is 0 Å². The minimum atomic E-state index is -0.392. The van der Waals surface area contributed by atoms with E-state index in [4.69, 9.17) is 14.8 Å². The molecule has 0 saturated heterocycles. The molecule has 3 aromatic carbocycles. The van der Waals surface area contributed by atoms with Crippen molar-refractivity contribution in [1.82, 2.24) is 5.01 Å². The zero-order chi connectivity index (χ0) is 26.7. The molecule has 0 spiro atoms. The number of hydrogen-bond acceptors (Lipinski definition) is 5. The van der Waals surface area contributed by atoms with Gasteiger partial charge in [-0.25, -0.2) is 5.01 Å². The summed E-state index contributed by atoms with van der Waals surface area (Å²) in [7, 11) is 1.68. The van der Waals surface area contributed by atoms with Crippen LogP contribution in [0.2, 0.25) is 0 Å². The zero-order valence-electron chi connectivity index (χ0n) is 22.5. The maximum Gasteiger partial charge on any atom is 0.302 e. The number of benzene rings is 3. The van der Waals surface area contributed by atoms with E-state index in [1.165, 1.54) is 28.6 Å². The Balaban J connectivity index is 1.53. The standard InChI is InChI=1S/C31H34N4O2S/c1-5-35-30(36)38-31(2,3)28(33-35)25-15-18-27-24(20-25)12-9-19-34(27)29(23-13-16-26(37-4)17-14-23)32-21-22-10-7-6-8-11-22/h6-8,10-11,13-18,20H,5,9,12,19,21H2,1-4H3/b32-29-. The second kappa shape index (κ2) is 11.0. The number of aryl methyl sites for hydroxylation is 1. The first-order valence-corrected chi connectivity index (χ1v) is 13.9. The van der Waals surface area contributed by atoms with Gasteiger partial charge in [0.15, 0.2) is 0 Å². The summed E-state index contributed by atoms with van der Waals surface area (Å²) in [5.74, 6) is 1.78. The Morgan fingerprint density at radius 1 is 1.08 bits per heavy atom. The van der Waals surface area contributed by atoms with Gasteiger partial charge in [-0.05, 0) is 86.7 Å². The molecule has 5 rings (SSSR count). The lowest BCUT2D eigenvalue weighted by atomic mass is 9.93. The van der Waals surface area contributed by atoms with Crippen molar-refractivity contribution in [2.45, 2.75) is 44.9 Å². The predicted molar refractivity (Wildman–Crippen MR) is 158 cm³/mol. The average Bonchev–Trinajstić information content (AvgIpc) is 2.93. The van der Waals surface area contributed by atoms with Crippen molar-refractivity contribution in [1.29, 1.82) is 0 Å². The van der Waals surface area contributed by atoms with E-state index in [1.807, 2.05) is 25.1 Å². The van der Waals surface area contributed by atoms with Gasteiger partial charge in [-0.1, -0.05) is 48.2 Å². The van der Waals surface area contributed by atoms with Gasteiger partial charge in [-0.15, -0.1) is 0 Å². The SMILES string of the molecule is CCN1N=C(c2ccc3c(c2)CCCN3/C(=N\Cc2ccccc2)c2ccc(OC)cc2)C(C)(C)SC1=O. The minimum absolute atomic E-state index is 0.00384.